The minimum Gasteiger partial charge on any atom is -0.504 e. The smallest absolute Gasteiger partial charge is 0.330 e. The number of ether oxygens (including phenoxy) is 2. The molecule has 9 nitrogen and oxygen atoms in total. The molecule has 6 atom stereocenters. The lowest BCUT2D eigenvalue weighted by molar-refractivity contribution is -0.187. The van der Waals surface area contributed by atoms with E-state index in [1.807, 2.05) is 0 Å². The number of fused-ring (bicyclic) bond motifs is 3. The first-order chi connectivity index (χ1) is 22.3. The van der Waals surface area contributed by atoms with Crippen LogP contribution in [0.1, 0.15) is 82.8 Å². The summed E-state index contributed by atoms with van der Waals surface area (Å²) in [4.78, 5) is 25.7. The summed E-state index contributed by atoms with van der Waals surface area (Å²) in [6.07, 6.45) is 14.0. The molecule has 0 heterocycles. The average molecular weight is 647 g/mol. The summed E-state index contributed by atoms with van der Waals surface area (Å²) < 4.78 is 11.7. The first kappa shape index (κ1) is 32.9. The number of phenols is 4. The Labute approximate surface area is 275 Å². The van der Waals surface area contributed by atoms with E-state index < -0.39 is 17.5 Å². The van der Waals surface area contributed by atoms with Crippen molar-refractivity contribution in [3.05, 3.63) is 59.7 Å². The average Bonchev–Trinajstić information content (AvgIpc) is 3.23. The van der Waals surface area contributed by atoms with Crippen LogP contribution in [-0.4, -0.2) is 56.3 Å². The summed E-state index contributed by atoms with van der Waals surface area (Å²) in [5.74, 6) is -1.39. The molecule has 1 spiro atoms. The topological polar surface area (TPSA) is 154 Å². The van der Waals surface area contributed by atoms with Crippen LogP contribution in [0, 0.1) is 34.0 Å². The van der Waals surface area contributed by atoms with Crippen molar-refractivity contribution in [2.24, 2.45) is 34.0 Å². The summed E-state index contributed by atoms with van der Waals surface area (Å²) in [6.45, 7) is 4.90. The van der Waals surface area contributed by atoms with E-state index >= 15 is 0 Å². The number of rotatable bonds is 8. The Morgan fingerprint density at radius 2 is 1.36 bits per heavy atom. The number of hydrogen-bond acceptors (Lipinski definition) is 9. The molecular formula is C38H46O9. The van der Waals surface area contributed by atoms with Crippen LogP contribution in [0.3, 0.4) is 0 Å². The molecule has 47 heavy (non-hydrogen) atoms. The molecule has 2 aromatic carbocycles. The molecule has 252 valence electrons. The van der Waals surface area contributed by atoms with Crippen molar-refractivity contribution >= 4 is 24.1 Å². The molecule has 5 N–H and O–H groups in total. The third-order valence-corrected chi connectivity index (χ3v) is 12.1. The normalized spacial score (nSPS) is 32.5. The van der Waals surface area contributed by atoms with Crippen LogP contribution in [0.2, 0.25) is 0 Å². The van der Waals surface area contributed by atoms with Crippen LogP contribution in [0.5, 0.6) is 23.0 Å². The number of phenolic OH excluding ortho intramolecular Hbond substituents is 4. The van der Waals surface area contributed by atoms with Gasteiger partial charge in [0.25, 0.3) is 0 Å². The van der Waals surface area contributed by atoms with Crippen molar-refractivity contribution in [1.82, 2.24) is 0 Å². The second-order valence-corrected chi connectivity index (χ2v) is 15.2. The van der Waals surface area contributed by atoms with Gasteiger partial charge >= 0.3 is 11.9 Å². The van der Waals surface area contributed by atoms with Gasteiger partial charge in [0.2, 0.25) is 0 Å². The monoisotopic (exact) mass is 646 g/mol. The third-order valence-electron chi connectivity index (χ3n) is 12.1. The Morgan fingerprint density at radius 1 is 0.766 bits per heavy atom. The number of aromatic hydroxyl groups is 4. The molecule has 2 bridgehead atoms. The third kappa shape index (κ3) is 6.22. The van der Waals surface area contributed by atoms with Crippen LogP contribution < -0.4 is 0 Å². The summed E-state index contributed by atoms with van der Waals surface area (Å²) in [5, 5.41) is 50.6. The minimum absolute atomic E-state index is 0.0157. The van der Waals surface area contributed by atoms with Gasteiger partial charge in [-0.3, -0.25) is 0 Å². The molecule has 4 saturated carbocycles. The van der Waals surface area contributed by atoms with E-state index in [2.05, 4.69) is 13.8 Å². The Hall–Kier alpha value is -3.98. The molecule has 4 aliphatic rings. The van der Waals surface area contributed by atoms with Gasteiger partial charge in [-0.05, 0) is 127 Å². The van der Waals surface area contributed by atoms with Gasteiger partial charge in [-0.2, -0.15) is 0 Å². The lowest BCUT2D eigenvalue weighted by Crippen LogP contribution is -2.59. The highest BCUT2D eigenvalue weighted by Crippen LogP contribution is 2.73. The van der Waals surface area contributed by atoms with E-state index in [1.165, 1.54) is 42.5 Å². The molecule has 0 aromatic heterocycles. The van der Waals surface area contributed by atoms with E-state index in [9.17, 15) is 35.1 Å². The number of esters is 2. The van der Waals surface area contributed by atoms with Gasteiger partial charge in [0, 0.05) is 17.6 Å². The number of aliphatic hydroxyl groups is 1. The highest BCUT2D eigenvalue weighted by atomic mass is 16.5. The van der Waals surface area contributed by atoms with Gasteiger partial charge in [0.05, 0.1) is 6.61 Å². The zero-order valence-electron chi connectivity index (χ0n) is 27.2. The number of benzene rings is 2. The molecule has 4 fully saturated rings. The predicted molar refractivity (Wildman–Crippen MR) is 175 cm³/mol. The molecule has 0 saturated heterocycles. The number of hydrogen-bond donors (Lipinski definition) is 5. The standard InChI is InChI=1S/C38H46O9/c1-35(2)15-3-16-37(22-46-33(43)12-6-24-4-9-27(39)29(41)18-24)31(35)14-17-36-20-26(8-11-32(36)37)38(45,21-36)23-47-34(44)13-7-25-5-10-28(40)30(42)19-25/h4-7,9-10,12-13,18-19,26,31-32,39-42,45H,3,8,11,14-17,20-23H2,1-2H3/b12-6+,13-7+/t26-,31-,32-,36+,37+,38+/m1/s1. The zero-order chi connectivity index (χ0) is 33.6. The van der Waals surface area contributed by atoms with Gasteiger partial charge in [-0.15, -0.1) is 0 Å². The maximum absolute atomic E-state index is 13.1. The highest BCUT2D eigenvalue weighted by Gasteiger charge is 2.68. The molecule has 2 aromatic rings. The van der Waals surface area contributed by atoms with Crippen molar-refractivity contribution in [2.75, 3.05) is 13.2 Å². The minimum atomic E-state index is -1.14. The molecule has 4 aliphatic carbocycles. The number of carbonyl (C=O) groups is 2. The Bertz CT molecular complexity index is 1590. The van der Waals surface area contributed by atoms with E-state index in [-0.39, 0.29) is 57.7 Å². The van der Waals surface area contributed by atoms with Crippen molar-refractivity contribution in [2.45, 2.75) is 77.2 Å². The second-order valence-electron chi connectivity index (χ2n) is 15.2. The fraction of sp³-hybridized carbons (Fsp3) is 0.526. The van der Waals surface area contributed by atoms with Gasteiger partial charge < -0.3 is 35.0 Å². The maximum Gasteiger partial charge on any atom is 0.330 e. The summed E-state index contributed by atoms with van der Waals surface area (Å²) in [7, 11) is 0. The van der Waals surface area contributed by atoms with E-state index in [1.54, 1.807) is 18.2 Å². The summed E-state index contributed by atoms with van der Waals surface area (Å²) in [6, 6.07) is 8.62. The Balaban J connectivity index is 1.17. The van der Waals surface area contributed by atoms with Gasteiger partial charge in [0.15, 0.2) is 23.0 Å². The lowest BCUT2D eigenvalue weighted by atomic mass is 9.41. The molecular weight excluding hydrogens is 600 g/mol. The first-order valence-electron chi connectivity index (χ1n) is 16.7. The predicted octanol–water partition coefficient (Wildman–Crippen LogP) is 6.47. The van der Waals surface area contributed by atoms with Crippen LogP contribution in [-0.2, 0) is 19.1 Å². The molecule has 0 aliphatic heterocycles. The Kier molecular flexibility index (Phi) is 8.57. The van der Waals surface area contributed by atoms with E-state index in [0.717, 1.165) is 51.4 Å². The fourth-order valence-electron chi connectivity index (χ4n) is 10.2. The van der Waals surface area contributed by atoms with Crippen LogP contribution in [0.15, 0.2) is 48.6 Å². The molecule has 0 radical (unpaired) electrons. The maximum atomic E-state index is 13.1. The number of carbonyl (C=O) groups excluding carboxylic acids is 2. The van der Waals surface area contributed by atoms with E-state index in [4.69, 9.17) is 9.47 Å². The van der Waals surface area contributed by atoms with Crippen molar-refractivity contribution in [3.8, 4) is 23.0 Å². The molecule has 6 rings (SSSR count). The summed E-state index contributed by atoms with van der Waals surface area (Å²) >= 11 is 0. The Morgan fingerprint density at radius 3 is 1.96 bits per heavy atom. The molecule has 0 unspecified atom stereocenters. The van der Waals surface area contributed by atoms with Crippen molar-refractivity contribution in [3.63, 3.8) is 0 Å². The SMILES string of the molecule is CC1(C)CCC[C@]2(COC(=O)/C=C/c3ccc(O)c(O)c3)[C@@H]1CC[C@@]13C[C@@H](CC[C@H]12)[C@@](O)(COC(=O)/C=C/c1ccc(O)c(O)c1)C3. The van der Waals surface area contributed by atoms with Crippen LogP contribution in [0.4, 0.5) is 0 Å². The van der Waals surface area contributed by atoms with Crippen LogP contribution in [0.25, 0.3) is 12.2 Å². The first-order valence-corrected chi connectivity index (χ1v) is 16.7. The van der Waals surface area contributed by atoms with Gasteiger partial charge in [-0.25, -0.2) is 9.59 Å². The van der Waals surface area contributed by atoms with E-state index in [0.29, 0.717) is 30.1 Å². The van der Waals surface area contributed by atoms with Crippen molar-refractivity contribution in [1.29, 1.82) is 0 Å². The fourth-order valence-corrected chi connectivity index (χ4v) is 10.2. The van der Waals surface area contributed by atoms with Gasteiger partial charge in [0.1, 0.15) is 12.2 Å². The largest absolute Gasteiger partial charge is 0.504 e. The quantitative estimate of drug-likeness (QED) is 0.123. The molecule has 9 heteroatoms. The van der Waals surface area contributed by atoms with Gasteiger partial charge in [-0.1, -0.05) is 32.4 Å². The summed E-state index contributed by atoms with van der Waals surface area (Å²) in [5.41, 5.74) is -0.285. The lowest BCUT2D eigenvalue weighted by Gasteiger charge is -2.64. The highest BCUT2D eigenvalue weighted by molar-refractivity contribution is 5.87. The zero-order valence-corrected chi connectivity index (χ0v) is 27.2. The second kappa shape index (κ2) is 12.2. The van der Waals surface area contributed by atoms with Crippen LogP contribution >= 0.6 is 0 Å². The van der Waals surface area contributed by atoms with Crippen molar-refractivity contribution < 1.29 is 44.6 Å². The molecule has 0 amide bonds.